The number of carbonyl (C=O) groups excluding carboxylic acids is 3. The molecule has 29 heavy (non-hydrogen) atoms. The summed E-state index contributed by atoms with van der Waals surface area (Å²) >= 11 is 5.79. The van der Waals surface area contributed by atoms with E-state index in [1.165, 1.54) is 0 Å². The second kappa shape index (κ2) is 9.85. The highest BCUT2D eigenvalue weighted by molar-refractivity contribution is 6.30. The Bertz CT molecular complexity index is 1030. The number of hydrogen-bond donors (Lipinski definition) is 1. The highest BCUT2D eigenvalue weighted by atomic mass is 35.5. The average molecular weight is 410 g/mol. The Morgan fingerprint density at radius 3 is 2.31 bits per heavy atom. The number of esters is 1. The van der Waals surface area contributed by atoms with Crippen LogP contribution in [0.1, 0.15) is 33.6 Å². The van der Waals surface area contributed by atoms with Crippen LogP contribution in [-0.4, -0.2) is 30.8 Å². The summed E-state index contributed by atoms with van der Waals surface area (Å²) in [6, 6.07) is 19.7. The summed E-state index contributed by atoms with van der Waals surface area (Å²) in [6.45, 7) is 0.0312. The van der Waals surface area contributed by atoms with Gasteiger partial charge in [0.15, 0.2) is 12.4 Å². The quantitative estimate of drug-likeness (QED) is 0.339. The molecule has 0 spiro atoms. The van der Waals surface area contributed by atoms with Crippen LogP contribution in [0.15, 0.2) is 66.7 Å². The molecule has 0 aliphatic rings. The molecule has 0 aliphatic heterocycles. The summed E-state index contributed by atoms with van der Waals surface area (Å²) in [5, 5.41) is 5.29. The van der Waals surface area contributed by atoms with E-state index in [1.807, 2.05) is 30.3 Å². The standard InChI is InChI=1S/C23H20ClNO4/c24-20-11-9-17(10-12-20)23(28)25-13-3-6-22(27)29-15-21(26)19-8-7-16-4-1-2-5-18(16)14-19/h1-2,4-5,7-12,14H,3,6,13,15H2,(H,25,28). The number of ether oxygens (including phenoxy) is 1. The molecular formula is C23H20ClNO4. The summed E-state index contributed by atoms with van der Waals surface area (Å²) in [7, 11) is 0. The van der Waals surface area contributed by atoms with Crippen molar-refractivity contribution in [3.63, 3.8) is 0 Å². The number of hydrogen-bond acceptors (Lipinski definition) is 4. The van der Waals surface area contributed by atoms with Gasteiger partial charge in [-0.25, -0.2) is 0 Å². The Hall–Kier alpha value is -3.18. The molecule has 0 atom stereocenters. The van der Waals surface area contributed by atoms with Crippen LogP contribution in [0, 0.1) is 0 Å². The summed E-state index contributed by atoms with van der Waals surface area (Å²) in [5.41, 5.74) is 1.00. The molecule has 3 aromatic rings. The Morgan fingerprint density at radius 1 is 0.862 bits per heavy atom. The lowest BCUT2D eigenvalue weighted by Crippen LogP contribution is -2.25. The lowest BCUT2D eigenvalue weighted by Gasteiger charge is -2.07. The molecule has 3 rings (SSSR count). The SMILES string of the molecule is O=C(CCCNC(=O)c1ccc(Cl)cc1)OCC(=O)c1ccc2ccccc2c1. The van der Waals surface area contributed by atoms with Crippen LogP contribution in [0.4, 0.5) is 0 Å². The molecule has 0 bridgehead atoms. The molecule has 148 valence electrons. The number of carbonyl (C=O) groups is 3. The fourth-order valence-electron chi connectivity index (χ4n) is 2.80. The van der Waals surface area contributed by atoms with Gasteiger partial charge in [-0.05, 0) is 47.5 Å². The second-order valence-corrected chi connectivity index (χ2v) is 6.95. The van der Waals surface area contributed by atoms with E-state index in [2.05, 4.69) is 5.32 Å². The van der Waals surface area contributed by atoms with Crippen molar-refractivity contribution in [1.29, 1.82) is 0 Å². The zero-order valence-electron chi connectivity index (χ0n) is 15.7. The summed E-state index contributed by atoms with van der Waals surface area (Å²) in [5.74, 6) is -0.957. The van der Waals surface area contributed by atoms with Crippen molar-refractivity contribution in [3.8, 4) is 0 Å². The van der Waals surface area contributed by atoms with Gasteiger partial charge in [0.1, 0.15) is 0 Å². The molecule has 1 N–H and O–H groups in total. The van der Waals surface area contributed by atoms with Crippen LogP contribution < -0.4 is 5.32 Å². The second-order valence-electron chi connectivity index (χ2n) is 6.51. The molecule has 0 saturated heterocycles. The fraction of sp³-hybridized carbons (Fsp3) is 0.174. The predicted molar refractivity (Wildman–Crippen MR) is 112 cm³/mol. The van der Waals surface area contributed by atoms with Crippen molar-refractivity contribution in [1.82, 2.24) is 5.32 Å². The highest BCUT2D eigenvalue weighted by Crippen LogP contribution is 2.16. The van der Waals surface area contributed by atoms with Gasteiger partial charge in [-0.15, -0.1) is 0 Å². The Morgan fingerprint density at radius 2 is 1.55 bits per heavy atom. The number of fused-ring (bicyclic) bond motifs is 1. The summed E-state index contributed by atoms with van der Waals surface area (Å²) < 4.78 is 5.06. The maximum Gasteiger partial charge on any atom is 0.306 e. The van der Waals surface area contributed by atoms with E-state index in [0.717, 1.165) is 10.8 Å². The number of nitrogens with one attached hydrogen (secondary N) is 1. The number of rotatable bonds is 8. The fourth-order valence-corrected chi connectivity index (χ4v) is 2.93. The molecule has 1 amide bonds. The van der Waals surface area contributed by atoms with Crippen molar-refractivity contribution >= 4 is 40.0 Å². The van der Waals surface area contributed by atoms with Gasteiger partial charge in [0.2, 0.25) is 0 Å². The van der Waals surface area contributed by atoms with Gasteiger partial charge in [0, 0.05) is 29.1 Å². The first kappa shape index (κ1) is 20.6. The minimum atomic E-state index is -0.472. The summed E-state index contributed by atoms with van der Waals surface area (Å²) in [4.78, 5) is 36.0. The van der Waals surface area contributed by atoms with Crippen LogP contribution in [0.3, 0.4) is 0 Å². The molecule has 0 saturated carbocycles. The van der Waals surface area contributed by atoms with Gasteiger partial charge < -0.3 is 10.1 Å². The van der Waals surface area contributed by atoms with Crippen molar-refractivity contribution in [2.45, 2.75) is 12.8 Å². The van der Waals surface area contributed by atoms with Gasteiger partial charge in [-0.3, -0.25) is 14.4 Å². The Labute approximate surface area is 173 Å². The zero-order valence-corrected chi connectivity index (χ0v) is 16.4. The van der Waals surface area contributed by atoms with Crippen LogP contribution >= 0.6 is 11.6 Å². The van der Waals surface area contributed by atoms with Crippen molar-refractivity contribution in [3.05, 3.63) is 82.9 Å². The third-order valence-corrected chi connectivity index (χ3v) is 4.64. The number of Topliss-reactive ketones (excluding diaryl/α,β-unsaturated/α-hetero) is 1. The van der Waals surface area contributed by atoms with Gasteiger partial charge in [-0.1, -0.05) is 48.0 Å². The maximum absolute atomic E-state index is 12.2. The van der Waals surface area contributed by atoms with Gasteiger partial charge in [-0.2, -0.15) is 0 Å². The molecule has 0 unspecified atom stereocenters. The predicted octanol–water partition coefficient (Wildman–Crippen LogP) is 4.43. The van der Waals surface area contributed by atoms with Crippen molar-refractivity contribution in [2.75, 3.05) is 13.2 Å². The van der Waals surface area contributed by atoms with E-state index in [0.29, 0.717) is 29.1 Å². The minimum Gasteiger partial charge on any atom is -0.457 e. The van der Waals surface area contributed by atoms with E-state index in [1.54, 1.807) is 36.4 Å². The first-order valence-corrected chi connectivity index (χ1v) is 9.62. The van der Waals surface area contributed by atoms with Crippen molar-refractivity contribution < 1.29 is 19.1 Å². The third-order valence-electron chi connectivity index (χ3n) is 4.39. The third kappa shape index (κ3) is 5.90. The molecule has 6 heteroatoms. The van der Waals surface area contributed by atoms with E-state index in [4.69, 9.17) is 16.3 Å². The molecule has 5 nitrogen and oxygen atoms in total. The highest BCUT2D eigenvalue weighted by Gasteiger charge is 2.11. The smallest absolute Gasteiger partial charge is 0.306 e. The normalized spacial score (nSPS) is 10.5. The van der Waals surface area contributed by atoms with Crippen LogP contribution in [0.5, 0.6) is 0 Å². The van der Waals surface area contributed by atoms with Crippen LogP contribution in [0.25, 0.3) is 10.8 Å². The first-order valence-electron chi connectivity index (χ1n) is 9.24. The minimum absolute atomic E-state index is 0.117. The molecule has 3 aromatic carbocycles. The molecule has 0 fully saturated rings. The molecule has 0 radical (unpaired) electrons. The average Bonchev–Trinajstić information content (AvgIpc) is 2.75. The number of halogens is 1. The molecule has 0 heterocycles. The Balaban J connectivity index is 1.38. The van der Waals surface area contributed by atoms with Crippen molar-refractivity contribution in [2.24, 2.45) is 0 Å². The van der Waals surface area contributed by atoms with Crippen LogP contribution in [-0.2, 0) is 9.53 Å². The van der Waals surface area contributed by atoms with E-state index >= 15 is 0 Å². The Kier molecular flexibility index (Phi) is 6.98. The van der Waals surface area contributed by atoms with Crippen LogP contribution in [0.2, 0.25) is 5.02 Å². The topological polar surface area (TPSA) is 72.5 Å². The van der Waals surface area contributed by atoms with Gasteiger partial charge >= 0.3 is 5.97 Å². The molecule has 0 aromatic heterocycles. The number of amides is 1. The monoisotopic (exact) mass is 409 g/mol. The van der Waals surface area contributed by atoms with E-state index < -0.39 is 5.97 Å². The lowest BCUT2D eigenvalue weighted by atomic mass is 10.0. The van der Waals surface area contributed by atoms with E-state index in [-0.39, 0.29) is 24.7 Å². The zero-order chi connectivity index (χ0) is 20.6. The largest absolute Gasteiger partial charge is 0.457 e. The lowest BCUT2D eigenvalue weighted by molar-refractivity contribution is -0.142. The number of ketones is 1. The molecule has 0 aliphatic carbocycles. The first-order chi connectivity index (χ1) is 14.0. The summed E-state index contributed by atoms with van der Waals surface area (Å²) in [6.07, 6.45) is 0.536. The molecular weight excluding hydrogens is 390 g/mol. The van der Waals surface area contributed by atoms with Gasteiger partial charge in [0.05, 0.1) is 0 Å². The van der Waals surface area contributed by atoms with Gasteiger partial charge in [0.25, 0.3) is 5.91 Å². The number of benzene rings is 3. The van der Waals surface area contributed by atoms with E-state index in [9.17, 15) is 14.4 Å². The maximum atomic E-state index is 12.2.